The number of nitrogens with one attached hydrogen (secondary N) is 1. The highest BCUT2D eigenvalue weighted by atomic mass is 32.2. The SMILES string of the molecule is O=S(=O)(O)c1ccccc1C1=NCCCN1. The van der Waals surface area contributed by atoms with Gasteiger partial charge in [0.05, 0.1) is 0 Å². The Balaban J connectivity index is 2.52. The summed E-state index contributed by atoms with van der Waals surface area (Å²) in [5, 5.41) is 3.02. The third kappa shape index (κ3) is 2.23. The van der Waals surface area contributed by atoms with Gasteiger partial charge >= 0.3 is 0 Å². The summed E-state index contributed by atoms with van der Waals surface area (Å²) in [6.45, 7) is 1.43. The van der Waals surface area contributed by atoms with Gasteiger partial charge in [-0.2, -0.15) is 8.42 Å². The van der Waals surface area contributed by atoms with E-state index >= 15 is 0 Å². The van der Waals surface area contributed by atoms with E-state index in [1.807, 2.05) is 0 Å². The lowest BCUT2D eigenvalue weighted by Gasteiger charge is -2.16. The van der Waals surface area contributed by atoms with Crippen LogP contribution < -0.4 is 5.32 Å². The van der Waals surface area contributed by atoms with Gasteiger partial charge in [0, 0.05) is 18.7 Å². The molecule has 1 aliphatic rings. The molecule has 1 heterocycles. The summed E-state index contributed by atoms with van der Waals surface area (Å²) in [5.41, 5.74) is 0.421. The van der Waals surface area contributed by atoms with Crippen LogP contribution >= 0.6 is 0 Å². The van der Waals surface area contributed by atoms with Gasteiger partial charge in [-0.15, -0.1) is 0 Å². The quantitative estimate of drug-likeness (QED) is 0.745. The van der Waals surface area contributed by atoms with Crippen LogP contribution in [0.3, 0.4) is 0 Å². The fraction of sp³-hybridized carbons (Fsp3) is 0.300. The molecule has 1 aliphatic heterocycles. The Bertz CT molecular complexity index is 523. The molecule has 5 nitrogen and oxygen atoms in total. The van der Waals surface area contributed by atoms with Crippen LogP contribution in [-0.4, -0.2) is 31.9 Å². The van der Waals surface area contributed by atoms with Crippen LogP contribution in [0.25, 0.3) is 0 Å². The zero-order valence-corrected chi connectivity index (χ0v) is 9.37. The highest BCUT2D eigenvalue weighted by Crippen LogP contribution is 2.16. The summed E-state index contributed by atoms with van der Waals surface area (Å²) in [7, 11) is -4.20. The molecule has 86 valence electrons. The zero-order chi connectivity index (χ0) is 11.6. The fourth-order valence-electron chi connectivity index (χ4n) is 1.60. The molecular formula is C10H12N2O3S. The molecule has 16 heavy (non-hydrogen) atoms. The summed E-state index contributed by atoms with van der Waals surface area (Å²) in [6.07, 6.45) is 0.928. The number of benzene rings is 1. The molecule has 1 aromatic rings. The van der Waals surface area contributed by atoms with Crippen LogP contribution in [0.2, 0.25) is 0 Å². The first kappa shape index (κ1) is 11.1. The molecule has 0 saturated heterocycles. The Kier molecular flexibility index (Phi) is 2.93. The topological polar surface area (TPSA) is 78.8 Å². The molecule has 0 fully saturated rings. The number of hydrogen-bond acceptors (Lipinski definition) is 4. The highest BCUT2D eigenvalue weighted by molar-refractivity contribution is 7.86. The van der Waals surface area contributed by atoms with Gasteiger partial charge in [0.2, 0.25) is 0 Å². The lowest BCUT2D eigenvalue weighted by Crippen LogP contribution is -2.31. The van der Waals surface area contributed by atoms with Crippen LogP contribution in [-0.2, 0) is 10.1 Å². The third-order valence-electron chi connectivity index (χ3n) is 2.32. The van der Waals surface area contributed by atoms with E-state index in [9.17, 15) is 8.42 Å². The molecular weight excluding hydrogens is 228 g/mol. The van der Waals surface area contributed by atoms with Gasteiger partial charge in [-0.3, -0.25) is 9.55 Å². The molecule has 2 rings (SSSR count). The van der Waals surface area contributed by atoms with Gasteiger partial charge in [-0.1, -0.05) is 12.1 Å². The van der Waals surface area contributed by atoms with Crippen molar-refractivity contribution in [2.24, 2.45) is 4.99 Å². The van der Waals surface area contributed by atoms with Crippen molar-refractivity contribution in [3.05, 3.63) is 29.8 Å². The maximum Gasteiger partial charge on any atom is 0.295 e. The van der Waals surface area contributed by atoms with E-state index in [2.05, 4.69) is 10.3 Å². The first-order chi connectivity index (χ1) is 7.59. The van der Waals surface area contributed by atoms with Crippen LogP contribution in [0.4, 0.5) is 0 Å². The first-order valence-corrected chi connectivity index (χ1v) is 6.38. The minimum atomic E-state index is -4.20. The van der Waals surface area contributed by atoms with E-state index in [1.54, 1.807) is 18.2 Å². The molecule has 0 bridgehead atoms. The monoisotopic (exact) mass is 240 g/mol. The number of amidine groups is 1. The van der Waals surface area contributed by atoms with Crippen molar-refractivity contribution < 1.29 is 13.0 Å². The summed E-state index contributed by atoms with van der Waals surface area (Å²) < 4.78 is 31.4. The van der Waals surface area contributed by atoms with Gasteiger partial charge in [0.25, 0.3) is 10.1 Å². The normalized spacial score (nSPS) is 16.4. The lowest BCUT2D eigenvalue weighted by molar-refractivity contribution is 0.483. The van der Waals surface area contributed by atoms with E-state index in [0.717, 1.165) is 13.0 Å². The van der Waals surface area contributed by atoms with Gasteiger partial charge < -0.3 is 5.32 Å². The Morgan fingerprint density at radius 3 is 2.69 bits per heavy atom. The first-order valence-electron chi connectivity index (χ1n) is 4.94. The smallest absolute Gasteiger partial charge is 0.295 e. The average molecular weight is 240 g/mol. The molecule has 2 N–H and O–H groups in total. The maximum absolute atomic E-state index is 11.2. The van der Waals surface area contributed by atoms with Gasteiger partial charge in [0.1, 0.15) is 10.7 Å². The molecule has 0 radical (unpaired) electrons. The Morgan fingerprint density at radius 1 is 1.31 bits per heavy atom. The average Bonchev–Trinajstić information content (AvgIpc) is 2.29. The van der Waals surface area contributed by atoms with Crippen molar-refractivity contribution in [1.82, 2.24) is 5.32 Å². The lowest BCUT2D eigenvalue weighted by atomic mass is 10.2. The fourth-order valence-corrected chi connectivity index (χ4v) is 2.29. The van der Waals surface area contributed by atoms with E-state index in [1.165, 1.54) is 6.07 Å². The van der Waals surface area contributed by atoms with Crippen molar-refractivity contribution in [3.8, 4) is 0 Å². The molecule has 1 aromatic carbocycles. The Morgan fingerprint density at radius 2 is 2.06 bits per heavy atom. The second-order valence-corrected chi connectivity index (χ2v) is 4.87. The molecule has 0 spiro atoms. The van der Waals surface area contributed by atoms with Crippen LogP contribution in [0.1, 0.15) is 12.0 Å². The van der Waals surface area contributed by atoms with Crippen molar-refractivity contribution in [1.29, 1.82) is 0 Å². The number of aliphatic imine (C=N–C) groups is 1. The predicted molar refractivity (Wildman–Crippen MR) is 60.3 cm³/mol. The molecule has 0 aromatic heterocycles. The molecule has 0 unspecified atom stereocenters. The summed E-state index contributed by atoms with van der Waals surface area (Å²) in [6, 6.07) is 6.27. The number of rotatable bonds is 2. The zero-order valence-electron chi connectivity index (χ0n) is 8.55. The van der Waals surface area contributed by atoms with Crippen molar-refractivity contribution >= 4 is 16.0 Å². The van der Waals surface area contributed by atoms with Crippen LogP contribution in [0, 0.1) is 0 Å². The molecule has 0 saturated carbocycles. The number of nitrogens with zero attached hydrogens (tertiary/aromatic N) is 1. The standard InChI is InChI=1S/C10H12N2O3S/c13-16(14,15)9-5-2-1-4-8(9)10-11-6-3-7-12-10/h1-2,4-5H,3,6-7H2,(H,11,12)(H,13,14,15). The van der Waals surface area contributed by atoms with Crippen LogP contribution in [0.15, 0.2) is 34.2 Å². The van der Waals surface area contributed by atoms with Gasteiger partial charge in [0.15, 0.2) is 0 Å². The van der Waals surface area contributed by atoms with Gasteiger partial charge in [-0.25, -0.2) is 0 Å². The van der Waals surface area contributed by atoms with E-state index in [0.29, 0.717) is 17.9 Å². The largest absolute Gasteiger partial charge is 0.370 e. The molecule has 0 amide bonds. The second kappa shape index (κ2) is 4.23. The minimum absolute atomic E-state index is 0.108. The Labute approximate surface area is 94.0 Å². The third-order valence-corrected chi connectivity index (χ3v) is 3.23. The van der Waals surface area contributed by atoms with Crippen LogP contribution in [0.5, 0.6) is 0 Å². The van der Waals surface area contributed by atoms with E-state index < -0.39 is 10.1 Å². The predicted octanol–water partition coefficient (Wildman–Crippen LogP) is 0.673. The Hall–Kier alpha value is -1.40. The van der Waals surface area contributed by atoms with Gasteiger partial charge in [-0.05, 0) is 18.6 Å². The molecule has 6 heteroatoms. The highest BCUT2D eigenvalue weighted by Gasteiger charge is 2.18. The summed E-state index contributed by atoms with van der Waals surface area (Å²) in [5.74, 6) is 0.527. The maximum atomic E-state index is 11.2. The van der Waals surface area contributed by atoms with Crippen molar-refractivity contribution in [2.45, 2.75) is 11.3 Å². The minimum Gasteiger partial charge on any atom is -0.370 e. The second-order valence-electron chi connectivity index (χ2n) is 3.48. The summed E-state index contributed by atoms with van der Waals surface area (Å²) in [4.78, 5) is 4.10. The van der Waals surface area contributed by atoms with E-state index in [-0.39, 0.29) is 4.90 Å². The van der Waals surface area contributed by atoms with Crippen molar-refractivity contribution in [2.75, 3.05) is 13.1 Å². The van der Waals surface area contributed by atoms with E-state index in [4.69, 9.17) is 4.55 Å². The number of hydrogen-bond donors (Lipinski definition) is 2. The molecule has 0 atom stereocenters. The van der Waals surface area contributed by atoms with Crippen molar-refractivity contribution in [3.63, 3.8) is 0 Å². The summed E-state index contributed by atoms with van der Waals surface area (Å²) >= 11 is 0. The molecule has 0 aliphatic carbocycles.